The Bertz CT molecular complexity index is 368. The van der Waals surface area contributed by atoms with Crippen molar-refractivity contribution in [1.29, 1.82) is 0 Å². The van der Waals surface area contributed by atoms with Gasteiger partial charge in [0.25, 0.3) is 0 Å². The SMILES string of the molecule is CCC(CC)(CN)c1nc(C2CCCCCC2)no1. The van der Waals surface area contributed by atoms with Crippen molar-refractivity contribution in [3.63, 3.8) is 0 Å². The summed E-state index contributed by atoms with van der Waals surface area (Å²) >= 11 is 0. The summed E-state index contributed by atoms with van der Waals surface area (Å²) in [6, 6.07) is 0. The van der Waals surface area contributed by atoms with Gasteiger partial charge in [-0.2, -0.15) is 4.98 Å². The second-order valence-electron chi connectivity index (χ2n) is 5.84. The number of rotatable bonds is 5. The van der Waals surface area contributed by atoms with Gasteiger partial charge in [-0.15, -0.1) is 0 Å². The zero-order chi connectivity index (χ0) is 13.7. The van der Waals surface area contributed by atoms with E-state index in [2.05, 4.69) is 19.0 Å². The molecule has 4 nitrogen and oxygen atoms in total. The summed E-state index contributed by atoms with van der Waals surface area (Å²) in [5.41, 5.74) is 5.82. The van der Waals surface area contributed by atoms with E-state index in [1.807, 2.05) is 0 Å². The minimum atomic E-state index is -0.129. The van der Waals surface area contributed by atoms with Crippen molar-refractivity contribution in [2.24, 2.45) is 5.73 Å². The van der Waals surface area contributed by atoms with Gasteiger partial charge in [0.05, 0.1) is 5.41 Å². The van der Waals surface area contributed by atoms with Gasteiger partial charge in [-0.25, -0.2) is 0 Å². The Morgan fingerprint density at radius 2 is 1.79 bits per heavy atom. The molecule has 0 radical (unpaired) electrons. The Morgan fingerprint density at radius 3 is 2.32 bits per heavy atom. The Labute approximate surface area is 116 Å². The normalized spacial score (nSPS) is 18.5. The van der Waals surface area contributed by atoms with Crippen molar-refractivity contribution in [3.8, 4) is 0 Å². The van der Waals surface area contributed by atoms with Gasteiger partial charge in [-0.1, -0.05) is 44.7 Å². The fraction of sp³-hybridized carbons (Fsp3) is 0.867. The molecule has 0 amide bonds. The van der Waals surface area contributed by atoms with Gasteiger partial charge in [0.2, 0.25) is 5.89 Å². The highest BCUT2D eigenvalue weighted by atomic mass is 16.5. The lowest BCUT2D eigenvalue weighted by atomic mass is 9.82. The van der Waals surface area contributed by atoms with Crippen molar-refractivity contribution < 1.29 is 4.52 Å². The number of nitrogens with two attached hydrogens (primary N) is 1. The number of hydrogen-bond acceptors (Lipinski definition) is 4. The molecule has 1 aromatic heterocycles. The third-order valence-electron chi connectivity index (χ3n) is 4.86. The van der Waals surface area contributed by atoms with E-state index in [4.69, 9.17) is 15.2 Å². The first kappa shape index (κ1) is 14.5. The van der Waals surface area contributed by atoms with E-state index in [1.54, 1.807) is 0 Å². The molecule has 0 saturated heterocycles. The molecule has 0 bridgehead atoms. The number of aromatic nitrogens is 2. The van der Waals surface area contributed by atoms with Crippen LogP contribution in [0.15, 0.2) is 4.52 Å². The van der Waals surface area contributed by atoms with Crippen molar-refractivity contribution >= 4 is 0 Å². The van der Waals surface area contributed by atoms with Crippen LogP contribution in [0, 0.1) is 0 Å². The van der Waals surface area contributed by atoms with Gasteiger partial charge >= 0.3 is 0 Å². The highest BCUT2D eigenvalue weighted by Gasteiger charge is 2.34. The average molecular weight is 265 g/mol. The summed E-state index contributed by atoms with van der Waals surface area (Å²) in [7, 11) is 0. The summed E-state index contributed by atoms with van der Waals surface area (Å²) in [5.74, 6) is 2.15. The predicted octanol–water partition coefficient (Wildman–Crippen LogP) is 3.52. The third-order valence-corrected chi connectivity index (χ3v) is 4.86. The molecule has 4 heteroatoms. The molecular weight excluding hydrogens is 238 g/mol. The second kappa shape index (κ2) is 6.51. The first-order chi connectivity index (χ1) is 9.25. The van der Waals surface area contributed by atoms with Crippen LogP contribution >= 0.6 is 0 Å². The Morgan fingerprint density at radius 1 is 1.16 bits per heavy atom. The molecule has 19 heavy (non-hydrogen) atoms. The Hall–Kier alpha value is -0.900. The molecular formula is C15H27N3O. The van der Waals surface area contributed by atoms with Crippen molar-refractivity contribution in [2.45, 2.75) is 76.5 Å². The topological polar surface area (TPSA) is 64.9 Å². The molecule has 1 aliphatic rings. The van der Waals surface area contributed by atoms with E-state index in [0.29, 0.717) is 12.5 Å². The number of nitrogens with zero attached hydrogens (tertiary/aromatic N) is 2. The monoisotopic (exact) mass is 265 g/mol. The summed E-state index contributed by atoms with van der Waals surface area (Å²) < 4.78 is 5.56. The highest BCUT2D eigenvalue weighted by Crippen LogP contribution is 2.33. The smallest absolute Gasteiger partial charge is 0.234 e. The highest BCUT2D eigenvalue weighted by molar-refractivity contribution is 5.07. The Kier molecular flexibility index (Phi) is 4.97. The van der Waals surface area contributed by atoms with Crippen LogP contribution in [0.1, 0.15) is 82.8 Å². The maximum atomic E-state index is 5.95. The van der Waals surface area contributed by atoms with Crippen molar-refractivity contribution in [1.82, 2.24) is 10.1 Å². The van der Waals surface area contributed by atoms with E-state index in [0.717, 1.165) is 24.6 Å². The second-order valence-corrected chi connectivity index (χ2v) is 5.84. The van der Waals surface area contributed by atoms with Crippen LogP contribution in [0.5, 0.6) is 0 Å². The number of hydrogen-bond donors (Lipinski definition) is 1. The summed E-state index contributed by atoms with van der Waals surface area (Å²) in [4.78, 5) is 4.70. The molecule has 1 heterocycles. The van der Waals surface area contributed by atoms with Gasteiger partial charge in [-0.3, -0.25) is 0 Å². The van der Waals surface area contributed by atoms with Crippen LogP contribution in [-0.4, -0.2) is 16.7 Å². The lowest BCUT2D eigenvalue weighted by molar-refractivity contribution is 0.265. The summed E-state index contributed by atoms with van der Waals surface area (Å²) in [6.45, 7) is 4.87. The van der Waals surface area contributed by atoms with Gasteiger partial charge < -0.3 is 10.3 Å². The van der Waals surface area contributed by atoms with Crippen LogP contribution in [0.3, 0.4) is 0 Å². The minimum Gasteiger partial charge on any atom is -0.339 e. The van der Waals surface area contributed by atoms with E-state index in [9.17, 15) is 0 Å². The molecule has 0 atom stereocenters. The van der Waals surface area contributed by atoms with Gasteiger partial charge in [0.15, 0.2) is 5.82 Å². The van der Waals surface area contributed by atoms with Gasteiger partial charge in [0, 0.05) is 12.5 Å². The lowest BCUT2D eigenvalue weighted by Crippen LogP contribution is -2.34. The molecule has 0 spiro atoms. The predicted molar refractivity (Wildman–Crippen MR) is 76.1 cm³/mol. The fourth-order valence-corrected chi connectivity index (χ4v) is 3.08. The van der Waals surface area contributed by atoms with Crippen molar-refractivity contribution in [2.75, 3.05) is 6.54 Å². The molecule has 1 aliphatic carbocycles. The maximum Gasteiger partial charge on any atom is 0.234 e. The van der Waals surface area contributed by atoms with E-state index in [1.165, 1.54) is 38.5 Å². The zero-order valence-corrected chi connectivity index (χ0v) is 12.3. The standard InChI is InChI=1S/C15H27N3O/c1-3-15(4-2,11-16)14-17-13(18-19-14)12-9-7-5-6-8-10-12/h12H,3-11,16H2,1-2H3. The zero-order valence-electron chi connectivity index (χ0n) is 12.3. The van der Waals surface area contributed by atoms with Gasteiger partial charge in [0.1, 0.15) is 0 Å². The van der Waals surface area contributed by atoms with E-state index in [-0.39, 0.29) is 5.41 Å². The molecule has 0 unspecified atom stereocenters. The molecule has 1 saturated carbocycles. The first-order valence-electron chi connectivity index (χ1n) is 7.80. The average Bonchev–Trinajstić information content (AvgIpc) is 2.78. The molecule has 108 valence electrons. The van der Waals surface area contributed by atoms with Crippen LogP contribution < -0.4 is 5.73 Å². The third kappa shape index (κ3) is 2.99. The molecule has 0 aromatic carbocycles. The van der Waals surface area contributed by atoms with E-state index < -0.39 is 0 Å². The first-order valence-corrected chi connectivity index (χ1v) is 7.80. The lowest BCUT2D eigenvalue weighted by Gasteiger charge is -2.25. The quantitative estimate of drug-likeness (QED) is 0.827. The molecule has 1 fully saturated rings. The fourth-order valence-electron chi connectivity index (χ4n) is 3.08. The maximum absolute atomic E-state index is 5.95. The van der Waals surface area contributed by atoms with Crippen molar-refractivity contribution in [3.05, 3.63) is 11.7 Å². The molecule has 2 rings (SSSR count). The van der Waals surface area contributed by atoms with Crippen LogP contribution in [0.2, 0.25) is 0 Å². The Balaban J connectivity index is 2.17. The van der Waals surface area contributed by atoms with E-state index >= 15 is 0 Å². The molecule has 2 N–H and O–H groups in total. The molecule has 1 aromatic rings. The summed E-state index contributed by atoms with van der Waals surface area (Å²) in [5, 5.41) is 4.25. The summed E-state index contributed by atoms with van der Waals surface area (Å²) in [6.07, 6.45) is 9.57. The minimum absolute atomic E-state index is 0.129. The van der Waals surface area contributed by atoms with Crippen LogP contribution in [0.25, 0.3) is 0 Å². The largest absolute Gasteiger partial charge is 0.339 e. The van der Waals surface area contributed by atoms with Crippen LogP contribution in [-0.2, 0) is 5.41 Å². The van der Waals surface area contributed by atoms with Gasteiger partial charge in [-0.05, 0) is 25.7 Å². The van der Waals surface area contributed by atoms with Crippen LogP contribution in [0.4, 0.5) is 0 Å². The molecule has 0 aliphatic heterocycles.